The second-order valence-corrected chi connectivity index (χ2v) is 4.43. The number of rotatable bonds is 7. The zero-order valence-electron chi connectivity index (χ0n) is 10.5. The Labute approximate surface area is 92.8 Å². The summed E-state index contributed by atoms with van der Waals surface area (Å²) in [4.78, 5) is 11.7. The third kappa shape index (κ3) is 5.74. The van der Waals surface area contributed by atoms with Gasteiger partial charge in [0.2, 0.25) is 5.91 Å². The predicted molar refractivity (Wildman–Crippen MR) is 61.8 cm³/mol. The topological polar surface area (TPSA) is 50.4 Å². The lowest BCUT2D eigenvalue weighted by Crippen LogP contribution is -2.53. The summed E-state index contributed by atoms with van der Waals surface area (Å²) in [7, 11) is 1.67. The van der Waals surface area contributed by atoms with Gasteiger partial charge in [-0.2, -0.15) is 0 Å². The number of likely N-dealkylation sites (N-methyl/N-ethyl adjacent to an activating group) is 1. The highest BCUT2D eigenvalue weighted by Crippen LogP contribution is 2.02. The van der Waals surface area contributed by atoms with Crippen LogP contribution in [0.3, 0.4) is 0 Å². The number of methoxy groups -OCH3 is 1. The molecule has 4 nitrogen and oxygen atoms in total. The lowest BCUT2D eigenvalue weighted by Gasteiger charge is -2.25. The molecule has 90 valence electrons. The fourth-order valence-corrected chi connectivity index (χ4v) is 1.35. The molecule has 0 aliphatic rings. The van der Waals surface area contributed by atoms with E-state index in [4.69, 9.17) is 4.74 Å². The van der Waals surface area contributed by atoms with E-state index in [2.05, 4.69) is 10.6 Å². The molecule has 0 spiro atoms. The Hall–Kier alpha value is -0.610. The second kappa shape index (κ2) is 6.80. The maximum absolute atomic E-state index is 11.7. The van der Waals surface area contributed by atoms with Gasteiger partial charge in [-0.3, -0.25) is 4.79 Å². The summed E-state index contributed by atoms with van der Waals surface area (Å²) < 4.78 is 5.00. The molecule has 0 aromatic heterocycles. The van der Waals surface area contributed by atoms with E-state index in [0.717, 1.165) is 6.54 Å². The summed E-state index contributed by atoms with van der Waals surface area (Å²) in [5.41, 5.74) is -0.498. The van der Waals surface area contributed by atoms with Gasteiger partial charge in [0.05, 0.1) is 12.1 Å². The van der Waals surface area contributed by atoms with Crippen molar-refractivity contribution in [2.24, 2.45) is 5.92 Å². The van der Waals surface area contributed by atoms with Crippen LogP contribution in [0.2, 0.25) is 0 Å². The summed E-state index contributed by atoms with van der Waals surface area (Å²) in [5.74, 6) is 0.378. The number of amides is 1. The molecule has 0 rings (SSSR count). The van der Waals surface area contributed by atoms with Crippen molar-refractivity contribution in [3.8, 4) is 0 Å². The molecule has 4 heteroatoms. The Bertz CT molecular complexity index is 193. The third-order valence-electron chi connectivity index (χ3n) is 2.25. The highest BCUT2D eigenvalue weighted by Gasteiger charge is 2.25. The normalized spacial score (nSPS) is 13.7. The van der Waals surface area contributed by atoms with E-state index in [1.165, 1.54) is 0 Å². The largest absolute Gasteiger partial charge is 0.384 e. The smallest absolute Gasteiger partial charge is 0.239 e. The standard InChI is InChI=1S/C11H24N2O2/c1-6-13-11(3,4)10(14)12-7-9(2)8-15-5/h9,13H,6-8H2,1-5H3,(H,12,14). The minimum atomic E-state index is -0.498. The highest BCUT2D eigenvalue weighted by molar-refractivity contribution is 5.85. The summed E-state index contributed by atoms with van der Waals surface area (Å²) in [6, 6.07) is 0. The van der Waals surface area contributed by atoms with Gasteiger partial charge >= 0.3 is 0 Å². The van der Waals surface area contributed by atoms with Crippen LogP contribution >= 0.6 is 0 Å². The fraction of sp³-hybridized carbons (Fsp3) is 0.909. The molecule has 15 heavy (non-hydrogen) atoms. The number of carbonyl (C=O) groups excluding carboxylic acids is 1. The van der Waals surface area contributed by atoms with Gasteiger partial charge in [0.15, 0.2) is 0 Å². The van der Waals surface area contributed by atoms with Gasteiger partial charge in [-0.25, -0.2) is 0 Å². The van der Waals surface area contributed by atoms with Crippen molar-refractivity contribution in [1.29, 1.82) is 0 Å². The molecule has 0 aliphatic carbocycles. The maximum Gasteiger partial charge on any atom is 0.239 e. The van der Waals surface area contributed by atoms with Crippen molar-refractivity contribution in [2.75, 3.05) is 26.8 Å². The Balaban J connectivity index is 3.92. The zero-order valence-corrected chi connectivity index (χ0v) is 10.5. The molecule has 0 radical (unpaired) electrons. The Kier molecular flexibility index (Phi) is 6.52. The van der Waals surface area contributed by atoms with E-state index in [-0.39, 0.29) is 5.91 Å². The first-order chi connectivity index (χ1) is 6.94. The minimum Gasteiger partial charge on any atom is -0.384 e. The molecule has 0 fully saturated rings. The average Bonchev–Trinajstić information content (AvgIpc) is 2.14. The van der Waals surface area contributed by atoms with Crippen molar-refractivity contribution in [3.05, 3.63) is 0 Å². The van der Waals surface area contributed by atoms with E-state index >= 15 is 0 Å². The van der Waals surface area contributed by atoms with Crippen molar-refractivity contribution in [2.45, 2.75) is 33.2 Å². The molecule has 0 bridgehead atoms. The van der Waals surface area contributed by atoms with Gasteiger partial charge in [-0.1, -0.05) is 13.8 Å². The Morgan fingerprint density at radius 1 is 1.47 bits per heavy atom. The first-order valence-electron chi connectivity index (χ1n) is 5.46. The molecule has 0 aromatic carbocycles. The minimum absolute atomic E-state index is 0.0345. The molecular weight excluding hydrogens is 192 g/mol. The van der Waals surface area contributed by atoms with Crippen molar-refractivity contribution in [1.82, 2.24) is 10.6 Å². The molecule has 1 atom stereocenters. The van der Waals surface area contributed by atoms with Gasteiger partial charge in [0, 0.05) is 13.7 Å². The molecule has 1 amide bonds. The molecule has 0 heterocycles. The van der Waals surface area contributed by atoms with E-state index in [1.54, 1.807) is 7.11 Å². The molecular formula is C11H24N2O2. The number of nitrogens with one attached hydrogen (secondary N) is 2. The quantitative estimate of drug-likeness (QED) is 0.661. The summed E-state index contributed by atoms with van der Waals surface area (Å²) >= 11 is 0. The van der Waals surface area contributed by atoms with Gasteiger partial charge < -0.3 is 15.4 Å². The monoisotopic (exact) mass is 216 g/mol. The van der Waals surface area contributed by atoms with Gasteiger partial charge in [0.25, 0.3) is 0 Å². The Morgan fingerprint density at radius 3 is 2.53 bits per heavy atom. The molecule has 0 aliphatic heterocycles. The van der Waals surface area contributed by atoms with Gasteiger partial charge in [-0.15, -0.1) is 0 Å². The van der Waals surface area contributed by atoms with Crippen LogP contribution in [-0.2, 0) is 9.53 Å². The van der Waals surface area contributed by atoms with E-state index in [0.29, 0.717) is 19.1 Å². The van der Waals surface area contributed by atoms with E-state index in [1.807, 2.05) is 27.7 Å². The number of carbonyl (C=O) groups is 1. The van der Waals surface area contributed by atoms with Crippen molar-refractivity contribution in [3.63, 3.8) is 0 Å². The van der Waals surface area contributed by atoms with Crippen LogP contribution in [0, 0.1) is 5.92 Å². The fourth-order valence-electron chi connectivity index (χ4n) is 1.35. The van der Waals surface area contributed by atoms with E-state index in [9.17, 15) is 4.79 Å². The number of ether oxygens (including phenoxy) is 1. The first kappa shape index (κ1) is 14.4. The summed E-state index contributed by atoms with van der Waals surface area (Å²) in [6.07, 6.45) is 0. The van der Waals surface area contributed by atoms with Gasteiger partial charge in [0.1, 0.15) is 0 Å². The lowest BCUT2D eigenvalue weighted by atomic mass is 10.0. The van der Waals surface area contributed by atoms with Crippen LogP contribution < -0.4 is 10.6 Å². The zero-order chi connectivity index (χ0) is 11.9. The van der Waals surface area contributed by atoms with Crippen molar-refractivity contribution < 1.29 is 9.53 Å². The van der Waals surface area contributed by atoms with Crippen LogP contribution in [0.5, 0.6) is 0 Å². The van der Waals surface area contributed by atoms with Crippen LogP contribution in [-0.4, -0.2) is 38.3 Å². The maximum atomic E-state index is 11.7. The number of hydrogen-bond acceptors (Lipinski definition) is 3. The van der Waals surface area contributed by atoms with Crippen LogP contribution in [0.1, 0.15) is 27.7 Å². The van der Waals surface area contributed by atoms with E-state index < -0.39 is 5.54 Å². The first-order valence-corrected chi connectivity index (χ1v) is 5.46. The lowest BCUT2D eigenvalue weighted by molar-refractivity contribution is -0.126. The predicted octanol–water partition coefficient (Wildman–Crippen LogP) is 0.773. The summed E-state index contributed by atoms with van der Waals surface area (Å²) in [6.45, 7) is 9.91. The average molecular weight is 216 g/mol. The summed E-state index contributed by atoms with van der Waals surface area (Å²) in [5, 5.41) is 6.04. The van der Waals surface area contributed by atoms with Gasteiger partial charge in [-0.05, 0) is 26.3 Å². The molecule has 0 saturated carbocycles. The van der Waals surface area contributed by atoms with Crippen LogP contribution in [0.4, 0.5) is 0 Å². The second-order valence-electron chi connectivity index (χ2n) is 4.43. The third-order valence-corrected chi connectivity index (χ3v) is 2.25. The van der Waals surface area contributed by atoms with Crippen LogP contribution in [0.25, 0.3) is 0 Å². The number of hydrogen-bond donors (Lipinski definition) is 2. The van der Waals surface area contributed by atoms with Crippen molar-refractivity contribution >= 4 is 5.91 Å². The highest BCUT2D eigenvalue weighted by atomic mass is 16.5. The molecule has 1 unspecified atom stereocenters. The van der Waals surface area contributed by atoms with Crippen LogP contribution in [0.15, 0.2) is 0 Å². The molecule has 0 aromatic rings. The Morgan fingerprint density at radius 2 is 2.07 bits per heavy atom. The SMILES string of the molecule is CCNC(C)(C)C(=O)NCC(C)COC. The molecule has 2 N–H and O–H groups in total. The molecule has 0 saturated heterocycles.